The zero-order valence-electron chi connectivity index (χ0n) is 31.0. The maximum absolute atomic E-state index is 12.9. The topological polar surface area (TPSA) is 132 Å². The largest absolute Gasteiger partial charge is 0.494 e. The maximum Gasteiger partial charge on any atom is 0.303 e. The van der Waals surface area contributed by atoms with E-state index in [0.717, 1.165) is 108 Å². The summed E-state index contributed by atoms with van der Waals surface area (Å²) in [4.78, 5) is 38.4. The number of aliphatic hydroxyl groups excluding tert-OH is 1. The van der Waals surface area contributed by atoms with Gasteiger partial charge in [-0.05, 0) is 105 Å². The Labute approximate surface area is 310 Å². The quantitative estimate of drug-likeness (QED) is 0.203. The molecule has 2 N–H and O–H groups in total. The normalized spacial score (nSPS) is 32.8. The Morgan fingerprint density at radius 1 is 0.980 bits per heavy atom. The number of nitrogens with zero attached hydrogens (tertiary/aromatic N) is 1. The molecule has 7 atom stereocenters. The second-order valence-corrected chi connectivity index (χ2v) is 15.5. The SMILES string of the molecule is CC(=O)OCC(=O)[C@@]1(O)CC[C@H]2[C@@H]3CCC4=CC(=O)CC[C@]4(C)[C@H]3[C@@H](O)C[C@@]21C.CCCCOc1ccc(OCCCN2CCOCC2)cc1.Cl. The van der Waals surface area contributed by atoms with Crippen molar-refractivity contribution >= 4 is 29.9 Å². The molecule has 0 spiro atoms. The Kier molecular flexibility index (Phi) is 14.6. The average Bonchev–Trinajstić information content (AvgIpc) is 3.37. The molecule has 3 saturated carbocycles. The third kappa shape index (κ3) is 9.18. The maximum atomic E-state index is 12.9. The van der Waals surface area contributed by atoms with Crippen LogP contribution in [-0.2, 0) is 23.9 Å². The van der Waals surface area contributed by atoms with Gasteiger partial charge >= 0.3 is 5.97 Å². The molecule has 4 aliphatic carbocycles. The van der Waals surface area contributed by atoms with Crippen molar-refractivity contribution in [1.29, 1.82) is 0 Å². The molecule has 0 bridgehead atoms. The molecule has 10 nitrogen and oxygen atoms in total. The number of benzene rings is 1. The molecule has 1 aromatic rings. The fraction of sp³-hybridized carbons (Fsp3) is 0.725. The van der Waals surface area contributed by atoms with E-state index < -0.39 is 35.5 Å². The number of halogens is 1. The smallest absolute Gasteiger partial charge is 0.303 e. The van der Waals surface area contributed by atoms with E-state index in [4.69, 9.17) is 18.9 Å². The summed E-state index contributed by atoms with van der Waals surface area (Å²) in [6.45, 7) is 13.5. The first-order valence-corrected chi connectivity index (χ1v) is 18.9. The van der Waals surface area contributed by atoms with Gasteiger partial charge in [0.25, 0.3) is 0 Å². The Morgan fingerprint density at radius 2 is 1.63 bits per heavy atom. The van der Waals surface area contributed by atoms with Crippen molar-refractivity contribution in [2.24, 2.45) is 28.6 Å². The van der Waals surface area contributed by atoms with Crippen molar-refractivity contribution in [2.75, 3.05) is 52.7 Å². The van der Waals surface area contributed by atoms with Crippen LogP contribution in [0.1, 0.15) is 91.9 Å². The number of hydrogen-bond donors (Lipinski definition) is 2. The van der Waals surface area contributed by atoms with Gasteiger partial charge in [-0.25, -0.2) is 0 Å². The van der Waals surface area contributed by atoms with Gasteiger partial charge in [0.2, 0.25) is 5.78 Å². The van der Waals surface area contributed by atoms with Gasteiger partial charge in [0.1, 0.15) is 17.1 Å². The van der Waals surface area contributed by atoms with Gasteiger partial charge in [-0.3, -0.25) is 19.3 Å². The Morgan fingerprint density at radius 3 is 2.25 bits per heavy atom. The van der Waals surface area contributed by atoms with E-state index in [-0.39, 0.29) is 41.4 Å². The Bertz CT molecular complexity index is 1360. The molecular formula is C40H60ClNO9. The molecule has 286 valence electrons. The van der Waals surface area contributed by atoms with Gasteiger partial charge in [-0.15, -0.1) is 12.4 Å². The van der Waals surface area contributed by atoms with E-state index in [1.54, 1.807) is 6.08 Å². The number of morpholine rings is 1. The molecule has 4 fully saturated rings. The van der Waals surface area contributed by atoms with Crippen LogP contribution in [-0.4, -0.2) is 97.0 Å². The molecule has 51 heavy (non-hydrogen) atoms. The lowest BCUT2D eigenvalue weighted by atomic mass is 9.45. The molecule has 5 aliphatic rings. The number of ketones is 2. The van der Waals surface area contributed by atoms with E-state index in [1.807, 2.05) is 31.2 Å². The molecule has 6 rings (SSSR count). The highest BCUT2D eigenvalue weighted by molar-refractivity contribution is 5.92. The minimum Gasteiger partial charge on any atom is -0.494 e. The van der Waals surface area contributed by atoms with Gasteiger partial charge in [-0.1, -0.05) is 32.8 Å². The van der Waals surface area contributed by atoms with Crippen molar-refractivity contribution in [3.8, 4) is 11.5 Å². The number of hydrogen-bond acceptors (Lipinski definition) is 10. The lowest BCUT2D eigenvalue weighted by molar-refractivity contribution is -0.184. The van der Waals surface area contributed by atoms with Gasteiger partial charge in [0.15, 0.2) is 12.4 Å². The highest BCUT2D eigenvalue weighted by Crippen LogP contribution is 2.67. The Hall–Kier alpha value is -2.50. The predicted molar refractivity (Wildman–Crippen MR) is 196 cm³/mol. The third-order valence-corrected chi connectivity index (χ3v) is 12.5. The monoisotopic (exact) mass is 733 g/mol. The second-order valence-electron chi connectivity index (χ2n) is 15.5. The molecule has 0 unspecified atom stereocenters. The zero-order chi connectivity index (χ0) is 35.9. The molecule has 0 amide bonds. The number of unbranched alkanes of at least 4 members (excludes halogenated alkanes) is 1. The lowest BCUT2D eigenvalue weighted by Crippen LogP contribution is -2.62. The third-order valence-electron chi connectivity index (χ3n) is 12.5. The number of aliphatic hydroxyl groups is 2. The van der Waals surface area contributed by atoms with E-state index in [2.05, 4.69) is 18.7 Å². The van der Waals surface area contributed by atoms with Gasteiger partial charge < -0.3 is 29.2 Å². The molecule has 0 radical (unpaired) electrons. The highest BCUT2D eigenvalue weighted by atomic mass is 35.5. The first kappa shape index (κ1) is 41.3. The molecule has 1 saturated heterocycles. The number of Topliss-reactive ketones (excluding diaryl/α,β-unsaturated/α-hetero) is 1. The summed E-state index contributed by atoms with van der Waals surface area (Å²) in [5.74, 6) is 1.37. The molecular weight excluding hydrogens is 674 g/mol. The zero-order valence-corrected chi connectivity index (χ0v) is 31.8. The van der Waals surface area contributed by atoms with Crippen LogP contribution >= 0.6 is 12.4 Å². The van der Waals surface area contributed by atoms with Crippen LogP contribution in [0.5, 0.6) is 11.5 Å². The number of rotatable bonds is 12. The van der Waals surface area contributed by atoms with Crippen LogP contribution in [0.3, 0.4) is 0 Å². The minimum atomic E-state index is -1.58. The minimum absolute atomic E-state index is 0. The number of fused-ring (bicyclic) bond motifs is 5. The van der Waals surface area contributed by atoms with Gasteiger partial charge in [0, 0.05) is 38.4 Å². The van der Waals surface area contributed by atoms with Crippen molar-refractivity contribution in [3.05, 3.63) is 35.9 Å². The summed E-state index contributed by atoms with van der Waals surface area (Å²) < 4.78 is 21.6. The summed E-state index contributed by atoms with van der Waals surface area (Å²) in [6, 6.07) is 7.92. The fourth-order valence-corrected chi connectivity index (χ4v) is 9.71. The highest BCUT2D eigenvalue weighted by Gasteiger charge is 2.68. The summed E-state index contributed by atoms with van der Waals surface area (Å²) in [5.41, 5.74) is -1.36. The van der Waals surface area contributed by atoms with E-state index in [1.165, 1.54) is 6.92 Å². The molecule has 1 heterocycles. The fourth-order valence-electron chi connectivity index (χ4n) is 9.71. The first-order valence-electron chi connectivity index (χ1n) is 18.9. The van der Waals surface area contributed by atoms with Crippen molar-refractivity contribution in [1.82, 2.24) is 4.90 Å². The molecule has 1 aliphatic heterocycles. The van der Waals surface area contributed by atoms with E-state index in [9.17, 15) is 24.6 Å². The number of allylic oxidation sites excluding steroid dienone is 1. The van der Waals surface area contributed by atoms with Crippen LogP contribution in [0.2, 0.25) is 0 Å². The predicted octanol–water partition coefficient (Wildman–Crippen LogP) is 5.74. The second kappa shape index (κ2) is 18.0. The van der Waals surface area contributed by atoms with E-state index >= 15 is 0 Å². The standard InChI is InChI=1S/C23H32O6.C17H27NO3.ClH/c1-13(24)29-12-19(27)23(28)9-7-17-16-5-4-14-10-15(25)6-8-21(14,2)20(16)18(26)11-22(17,23)3;1-2-3-12-20-16-5-7-17(8-6-16)21-13-4-9-18-10-14-19-15-11-18;/h10,16-18,20,26,28H,4-9,11-12H2,1-3H3;5-8H,2-4,9-15H2,1H3;1H/t16-,17-,18-,20+,21-,22-,23-;;/m0../s1. The number of esters is 1. The summed E-state index contributed by atoms with van der Waals surface area (Å²) in [6.07, 6.45) is 8.84. The van der Waals surface area contributed by atoms with Gasteiger partial charge in [-0.2, -0.15) is 0 Å². The van der Waals surface area contributed by atoms with Gasteiger partial charge in [0.05, 0.1) is 32.5 Å². The number of carbonyl (C=O) groups is 3. The average molecular weight is 734 g/mol. The number of ether oxygens (including phenoxy) is 4. The molecule has 1 aromatic carbocycles. The van der Waals surface area contributed by atoms with E-state index in [0.29, 0.717) is 19.3 Å². The number of carbonyl (C=O) groups excluding carboxylic acids is 3. The Balaban J connectivity index is 0.000000236. The van der Waals surface area contributed by atoms with Crippen molar-refractivity contribution in [3.63, 3.8) is 0 Å². The van der Waals surface area contributed by atoms with Crippen molar-refractivity contribution < 1.29 is 43.5 Å². The van der Waals surface area contributed by atoms with Crippen molar-refractivity contribution in [2.45, 2.75) is 104 Å². The van der Waals surface area contributed by atoms with Crippen LogP contribution in [0, 0.1) is 28.6 Å². The first-order chi connectivity index (χ1) is 23.9. The molecule has 11 heteroatoms. The summed E-state index contributed by atoms with van der Waals surface area (Å²) >= 11 is 0. The molecule has 0 aromatic heterocycles. The van der Waals surface area contributed by atoms with Crippen LogP contribution < -0.4 is 9.47 Å². The summed E-state index contributed by atoms with van der Waals surface area (Å²) in [5, 5.41) is 22.8. The van der Waals surface area contributed by atoms with Crippen LogP contribution in [0.15, 0.2) is 35.9 Å². The van der Waals surface area contributed by atoms with Crippen LogP contribution in [0.4, 0.5) is 0 Å². The lowest BCUT2D eigenvalue weighted by Gasteiger charge is -2.60. The summed E-state index contributed by atoms with van der Waals surface area (Å²) in [7, 11) is 0. The van der Waals surface area contributed by atoms with Crippen LogP contribution in [0.25, 0.3) is 0 Å².